The van der Waals surface area contributed by atoms with E-state index in [-0.39, 0.29) is 17.9 Å². The first kappa shape index (κ1) is 23.9. The van der Waals surface area contributed by atoms with E-state index in [2.05, 4.69) is 49.6 Å². The van der Waals surface area contributed by atoms with Crippen LogP contribution in [-0.2, 0) is 0 Å². The summed E-state index contributed by atoms with van der Waals surface area (Å²) < 4.78 is 1.92. The second-order valence-electron chi connectivity index (χ2n) is 8.92. The Bertz CT molecular complexity index is 1750. The lowest BCUT2D eigenvalue weighted by atomic mass is 10.1. The third-order valence-electron chi connectivity index (χ3n) is 6.29. The van der Waals surface area contributed by atoms with Crippen LogP contribution in [0.4, 0.5) is 11.9 Å². The molecule has 2 N–H and O–H groups in total. The fraction of sp³-hybridized carbons (Fsp3) is 0.0667. The van der Waals surface area contributed by atoms with Gasteiger partial charge in [-0.2, -0.15) is 4.98 Å². The van der Waals surface area contributed by atoms with E-state index in [0.717, 1.165) is 22.2 Å². The predicted octanol–water partition coefficient (Wildman–Crippen LogP) is 5.70. The lowest BCUT2D eigenvalue weighted by molar-refractivity contribution is 0.102. The summed E-state index contributed by atoms with van der Waals surface area (Å²) in [6.07, 6.45) is 5.10. The molecule has 0 saturated heterocycles. The van der Waals surface area contributed by atoms with E-state index in [4.69, 9.17) is 4.98 Å². The van der Waals surface area contributed by atoms with E-state index >= 15 is 0 Å². The van der Waals surface area contributed by atoms with Crippen LogP contribution in [0, 0.1) is 0 Å². The number of benzene rings is 3. The van der Waals surface area contributed by atoms with Crippen molar-refractivity contribution in [2.75, 3.05) is 10.6 Å². The van der Waals surface area contributed by atoms with E-state index in [1.165, 1.54) is 0 Å². The second kappa shape index (κ2) is 10.5. The van der Waals surface area contributed by atoms with Gasteiger partial charge in [0, 0.05) is 23.5 Å². The van der Waals surface area contributed by atoms with Crippen molar-refractivity contribution < 1.29 is 4.79 Å². The minimum atomic E-state index is -0.265. The van der Waals surface area contributed by atoms with Crippen molar-refractivity contribution in [3.63, 3.8) is 0 Å². The summed E-state index contributed by atoms with van der Waals surface area (Å²) in [6.45, 7) is 2.07. The van der Waals surface area contributed by atoms with E-state index in [1.807, 2.05) is 65.2 Å². The Balaban J connectivity index is 1.23. The predicted molar refractivity (Wildman–Crippen MR) is 151 cm³/mol. The van der Waals surface area contributed by atoms with E-state index < -0.39 is 0 Å². The summed E-state index contributed by atoms with van der Waals surface area (Å²) in [5.41, 5.74) is 4.90. The number of aromatic nitrogens is 6. The van der Waals surface area contributed by atoms with Crippen molar-refractivity contribution in [2.45, 2.75) is 13.0 Å². The number of hydrogen-bond acceptors (Lipinski definition) is 7. The first-order valence-electron chi connectivity index (χ1n) is 12.5. The lowest BCUT2D eigenvalue weighted by Crippen LogP contribution is -2.14. The zero-order valence-corrected chi connectivity index (χ0v) is 21.1. The number of imidazole rings is 1. The highest BCUT2D eigenvalue weighted by Crippen LogP contribution is 2.25. The average Bonchev–Trinajstić information content (AvgIpc) is 3.42. The largest absolute Gasteiger partial charge is 0.348 e. The highest BCUT2D eigenvalue weighted by Gasteiger charge is 2.13. The van der Waals surface area contributed by atoms with Crippen molar-refractivity contribution >= 4 is 28.8 Å². The third kappa shape index (κ3) is 5.19. The fourth-order valence-corrected chi connectivity index (χ4v) is 4.27. The standard InChI is InChI=1S/C30H24N8O/c1-20(21-8-4-2-5-9-21)34-29-32-17-15-27(36-29)38-19-33-25-18-23(12-13-26(25)38)24-14-16-31-30(35-24)37-28(39)22-10-6-3-7-11-22/h2-20H,1H3,(H,32,34,36)(H,31,35,37,39). The van der Waals surface area contributed by atoms with Gasteiger partial charge in [0.1, 0.15) is 12.1 Å². The van der Waals surface area contributed by atoms with Crippen molar-refractivity contribution in [1.82, 2.24) is 29.5 Å². The molecule has 3 aromatic carbocycles. The molecular formula is C30H24N8O. The van der Waals surface area contributed by atoms with Crippen LogP contribution >= 0.6 is 0 Å². The first-order chi connectivity index (χ1) is 19.1. The molecule has 9 nitrogen and oxygen atoms in total. The summed E-state index contributed by atoms with van der Waals surface area (Å²) in [5.74, 6) is 1.21. The number of hydrogen-bond donors (Lipinski definition) is 2. The van der Waals surface area contributed by atoms with Crippen LogP contribution in [0.5, 0.6) is 0 Å². The van der Waals surface area contributed by atoms with E-state index in [0.29, 0.717) is 23.0 Å². The molecule has 9 heteroatoms. The molecule has 1 unspecified atom stereocenters. The number of fused-ring (bicyclic) bond motifs is 1. The molecule has 0 aliphatic heterocycles. The van der Waals surface area contributed by atoms with Crippen LogP contribution in [-0.4, -0.2) is 35.4 Å². The summed E-state index contributed by atoms with van der Waals surface area (Å²) in [7, 11) is 0. The van der Waals surface area contributed by atoms with Crippen molar-refractivity contribution in [2.24, 2.45) is 0 Å². The van der Waals surface area contributed by atoms with Gasteiger partial charge in [-0.25, -0.2) is 19.9 Å². The molecule has 3 aromatic heterocycles. The number of carbonyl (C=O) groups excluding carboxylic acids is 1. The molecular weight excluding hydrogens is 488 g/mol. The van der Waals surface area contributed by atoms with Gasteiger partial charge in [0.2, 0.25) is 11.9 Å². The van der Waals surface area contributed by atoms with Gasteiger partial charge in [0.15, 0.2) is 0 Å². The quantitative estimate of drug-likeness (QED) is 0.282. The SMILES string of the molecule is CC(Nc1nccc(-n2cnc3cc(-c4ccnc(NC(=O)c5ccccc5)n4)ccc32)n1)c1ccccc1. The Kier molecular flexibility index (Phi) is 6.45. The number of rotatable bonds is 7. The molecule has 0 spiro atoms. The molecule has 0 bridgehead atoms. The highest BCUT2D eigenvalue weighted by molar-refractivity contribution is 6.03. The fourth-order valence-electron chi connectivity index (χ4n) is 4.27. The zero-order valence-electron chi connectivity index (χ0n) is 21.1. The van der Waals surface area contributed by atoms with Crippen LogP contribution in [0.15, 0.2) is 110 Å². The Hall–Kier alpha value is -5.44. The molecule has 0 saturated carbocycles. The maximum absolute atomic E-state index is 12.5. The Morgan fingerprint density at radius 2 is 1.54 bits per heavy atom. The first-order valence-corrected chi connectivity index (χ1v) is 12.5. The van der Waals surface area contributed by atoms with Crippen molar-refractivity contribution in [3.05, 3.63) is 121 Å². The number of anilines is 2. The maximum Gasteiger partial charge on any atom is 0.258 e. The van der Waals surface area contributed by atoms with Crippen molar-refractivity contribution in [1.29, 1.82) is 0 Å². The van der Waals surface area contributed by atoms with Crippen LogP contribution in [0.2, 0.25) is 0 Å². The summed E-state index contributed by atoms with van der Waals surface area (Å²) in [4.78, 5) is 35.0. The number of carbonyl (C=O) groups is 1. The molecule has 6 rings (SSSR count). The average molecular weight is 513 g/mol. The minimum Gasteiger partial charge on any atom is -0.348 e. The molecule has 0 fully saturated rings. The van der Waals surface area contributed by atoms with Gasteiger partial charge < -0.3 is 5.32 Å². The van der Waals surface area contributed by atoms with Gasteiger partial charge in [0.05, 0.1) is 22.8 Å². The van der Waals surface area contributed by atoms with E-state index in [1.54, 1.807) is 36.9 Å². The molecule has 39 heavy (non-hydrogen) atoms. The Morgan fingerprint density at radius 3 is 2.36 bits per heavy atom. The number of amides is 1. The summed E-state index contributed by atoms with van der Waals surface area (Å²) in [5, 5.41) is 6.13. The molecule has 0 aliphatic carbocycles. The third-order valence-corrected chi connectivity index (χ3v) is 6.29. The number of nitrogens with zero attached hydrogens (tertiary/aromatic N) is 6. The molecule has 0 aliphatic rings. The Morgan fingerprint density at radius 1 is 0.795 bits per heavy atom. The second-order valence-corrected chi connectivity index (χ2v) is 8.92. The molecule has 0 radical (unpaired) electrons. The highest BCUT2D eigenvalue weighted by atomic mass is 16.1. The smallest absolute Gasteiger partial charge is 0.258 e. The molecule has 1 atom stereocenters. The van der Waals surface area contributed by atoms with Crippen molar-refractivity contribution in [3.8, 4) is 17.1 Å². The Labute approximate surface area is 224 Å². The topological polar surface area (TPSA) is 111 Å². The molecule has 1 amide bonds. The number of nitrogens with one attached hydrogen (secondary N) is 2. The van der Waals surface area contributed by atoms with Gasteiger partial charge in [-0.05, 0) is 48.9 Å². The lowest BCUT2D eigenvalue weighted by Gasteiger charge is -2.14. The van der Waals surface area contributed by atoms with Crippen LogP contribution in [0.25, 0.3) is 28.1 Å². The molecule has 6 aromatic rings. The van der Waals surface area contributed by atoms with Crippen LogP contribution in [0.3, 0.4) is 0 Å². The van der Waals surface area contributed by atoms with Gasteiger partial charge in [0.25, 0.3) is 5.91 Å². The zero-order chi connectivity index (χ0) is 26.6. The summed E-state index contributed by atoms with van der Waals surface area (Å²) in [6, 6.07) is 28.7. The molecule has 190 valence electrons. The van der Waals surface area contributed by atoms with Gasteiger partial charge in [-0.1, -0.05) is 54.6 Å². The van der Waals surface area contributed by atoms with Gasteiger partial charge in [-0.15, -0.1) is 0 Å². The van der Waals surface area contributed by atoms with Gasteiger partial charge in [-0.3, -0.25) is 14.7 Å². The van der Waals surface area contributed by atoms with Crippen LogP contribution < -0.4 is 10.6 Å². The van der Waals surface area contributed by atoms with Crippen LogP contribution in [0.1, 0.15) is 28.9 Å². The normalized spacial score (nSPS) is 11.7. The minimum absolute atomic E-state index is 0.0544. The summed E-state index contributed by atoms with van der Waals surface area (Å²) >= 11 is 0. The maximum atomic E-state index is 12.5. The molecule has 3 heterocycles. The van der Waals surface area contributed by atoms with E-state index in [9.17, 15) is 4.79 Å². The monoisotopic (exact) mass is 512 g/mol. The van der Waals surface area contributed by atoms with Gasteiger partial charge >= 0.3 is 0 Å².